The average Bonchev–Trinajstić information content (AvgIpc) is 3.16. The number of nitrogens with zero attached hydrogens (tertiary/aromatic N) is 1. The third-order valence-electron chi connectivity index (χ3n) is 4.70. The van der Waals surface area contributed by atoms with Crippen LogP contribution in [0.15, 0.2) is 24.3 Å². The number of likely N-dealkylation sites (tertiary alicyclic amines) is 1. The molecule has 1 unspecified atom stereocenters. The van der Waals surface area contributed by atoms with Crippen molar-refractivity contribution < 1.29 is 32.1 Å². The first-order chi connectivity index (χ1) is 14.8. The molecule has 0 aromatic heterocycles. The second kappa shape index (κ2) is 10.2. The first kappa shape index (κ1) is 25.4. The van der Waals surface area contributed by atoms with Crippen LogP contribution in [0, 0.1) is 0 Å². The van der Waals surface area contributed by atoms with Crippen molar-refractivity contribution in [3.05, 3.63) is 29.8 Å². The number of hydrogen-bond donors (Lipinski definition) is 4. The van der Waals surface area contributed by atoms with Crippen molar-refractivity contribution in [3.63, 3.8) is 0 Å². The molecule has 1 aromatic rings. The Kier molecular flexibility index (Phi) is 8.07. The zero-order chi connectivity index (χ0) is 24.1. The van der Waals surface area contributed by atoms with Gasteiger partial charge in [-0.1, -0.05) is 12.1 Å². The minimum Gasteiger partial charge on any atom is -0.444 e. The summed E-state index contributed by atoms with van der Waals surface area (Å²) in [5.41, 5.74) is 0.104. The molecule has 1 aliphatic rings. The molecule has 0 saturated carbocycles. The van der Waals surface area contributed by atoms with Crippen LogP contribution < -0.4 is 15.4 Å². The Labute approximate surface area is 187 Å². The van der Waals surface area contributed by atoms with Crippen LogP contribution in [0.4, 0.5) is 10.5 Å². The van der Waals surface area contributed by atoms with Gasteiger partial charge in [-0.3, -0.25) is 23.8 Å². The van der Waals surface area contributed by atoms with E-state index in [0.29, 0.717) is 24.9 Å². The largest absolute Gasteiger partial charge is 0.444 e. The van der Waals surface area contributed by atoms with Gasteiger partial charge < -0.3 is 15.4 Å². The molecular formula is C20H30N4O7S. The van der Waals surface area contributed by atoms with Crippen molar-refractivity contribution in [2.24, 2.45) is 0 Å². The molecule has 1 saturated heterocycles. The van der Waals surface area contributed by atoms with Crippen LogP contribution in [0.1, 0.15) is 39.2 Å². The summed E-state index contributed by atoms with van der Waals surface area (Å²) in [4.78, 5) is 39.1. The van der Waals surface area contributed by atoms with Crippen LogP contribution >= 0.6 is 0 Å². The molecule has 3 amide bonds. The zero-order valence-corrected chi connectivity index (χ0v) is 19.4. The van der Waals surface area contributed by atoms with Crippen LogP contribution in [-0.4, -0.2) is 67.1 Å². The van der Waals surface area contributed by atoms with Crippen molar-refractivity contribution >= 4 is 33.9 Å². The van der Waals surface area contributed by atoms with Crippen molar-refractivity contribution in [1.82, 2.24) is 15.5 Å². The zero-order valence-electron chi connectivity index (χ0n) is 18.5. The van der Waals surface area contributed by atoms with E-state index in [2.05, 4.69) is 10.6 Å². The third kappa shape index (κ3) is 7.68. The van der Waals surface area contributed by atoms with E-state index in [4.69, 9.17) is 9.29 Å². The van der Waals surface area contributed by atoms with Gasteiger partial charge in [0.1, 0.15) is 17.7 Å². The quantitative estimate of drug-likeness (QED) is 0.435. The second-order valence-corrected chi connectivity index (χ2v) is 9.64. The number of benzene rings is 1. The van der Waals surface area contributed by atoms with Crippen LogP contribution in [0.5, 0.6) is 0 Å². The molecule has 0 radical (unpaired) electrons. The summed E-state index contributed by atoms with van der Waals surface area (Å²) in [6.45, 7) is 5.62. The van der Waals surface area contributed by atoms with E-state index >= 15 is 0 Å². The predicted octanol–water partition coefficient (Wildman–Crippen LogP) is 1.07. The molecule has 1 aromatic carbocycles. The summed E-state index contributed by atoms with van der Waals surface area (Å²) in [7, 11) is -2.95. The lowest BCUT2D eigenvalue weighted by Crippen LogP contribution is -2.54. The van der Waals surface area contributed by atoms with Gasteiger partial charge in [0, 0.05) is 20.0 Å². The number of carbonyl (C=O) groups is 3. The molecule has 32 heavy (non-hydrogen) atoms. The summed E-state index contributed by atoms with van der Waals surface area (Å²) in [5.74, 6) is -0.869. The van der Waals surface area contributed by atoms with Gasteiger partial charge in [0.15, 0.2) is 0 Å². The van der Waals surface area contributed by atoms with Gasteiger partial charge in [0.2, 0.25) is 11.8 Å². The van der Waals surface area contributed by atoms with Crippen LogP contribution in [0.25, 0.3) is 0 Å². The predicted molar refractivity (Wildman–Crippen MR) is 117 cm³/mol. The molecule has 1 heterocycles. The fraction of sp³-hybridized carbons (Fsp3) is 0.550. The number of likely N-dealkylation sites (N-methyl/N-ethyl adjacent to an activating group) is 1. The molecule has 11 nitrogen and oxygen atoms in total. The van der Waals surface area contributed by atoms with E-state index in [0.717, 1.165) is 0 Å². The van der Waals surface area contributed by atoms with Gasteiger partial charge in [-0.15, -0.1) is 0 Å². The number of anilines is 1. The fourth-order valence-electron chi connectivity index (χ4n) is 3.32. The second-order valence-electron chi connectivity index (χ2n) is 8.49. The molecule has 12 heteroatoms. The van der Waals surface area contributed by atoms with E-state index in [1.54, 1.807) is 32.9 Å². The molecule has 2 rings (SSSR count). The molecule has 4 N–H and O–H groups in total. The van der Waals surface area contributed by atoms with Gasteiger partial charge in [0.05, 0.1) is 5.69 Å². The third-order valence-corrected chi connectivity index (χ3v) is 5.20. The molecule has 1 fully saturated rings. The number of amides is 3. The Morgan fingerprint density at radius 1 is 1.22 bits per heavy atom. The highest BCUT2D eigenvalue weighted by molar-refractivity contribution is 7.87. The number of rotatable bonds is 7. The summed E-state index contributed by atoms with van der Waals surface area (Å²) in [6, 6.07) is 4.34. The van der Waals surface area contributed by atoms with Crippen LogP contribution in [0.3, 0.4) is 0 Å². The van der Waals surface area contributed by atoms with Gasteiger partial charge in [-0.05, 0) is 51.3 Å². The maximum absolute atomic E-state index is 12.9. The summed E-state index contributed by atoms with van der Waals surface area (Å²) >= 11 is 0. The smallest absolute Gasteiger partial charge is 0.410 e. The van der Waals surface area contributed by atoms with Gasteiger partial charge in [0.25, 0.3) is 0 Å². The molecule has 0 bridgehead atoms. The maximum atomic E-state index is 12.9. The standard InChI is InChI=1S/C20H30N4O7S/c1-20(2,3)31-19(27)24-11-5-6-16(24)18(26)22-15(17(25)21-4)12-13-7-9-14(10-8-13)23-32(28,29)30/h7-10,15-16,23H,5-6,11-12H2,1-4H3,(H,21,25)(H,22,26)(H,28,29,30)/t15-,16?/m0/s1. The maximum Gasteiger partial charge on any atom is 0.410 e. The first-order valence-electron chi connectivity index (χ1n) is 10.1. The minimum atomic E-state index is -4.39. The molecule has 2 atom stereocenters. The van der Waals surface area contributed by atoms with Gasteiger partial charge in [-0.25, -0.2) is 4.79 Å². The van der Waals surface area contributed by atoms with Gasteiger partial charge in [-0.2, -0.15) is 8.42 Å². The number of ether oxygens (including phenoxy) is 1. The van der Waals surface area contributed by atoms with E-state index in [9.17, 15) is 22.8 Å². The first-order valence-corrected chi connectivity index (χ1v) is 11.6. The Morgan fingerprint density at radius 3 is 2.38 bits per heavy atom. The monoisotopic (exact) mass is 470 g/mol. The van der Waals surface area contributed by atoms with Crippen molar-refractivity contribution in [2.45, 2.75) is 57.7 Å². The minimum absolute atomic E-state index is 0.136. The summed E-state index contributed by atoms with van der Waals surface area (Å²) in [5, 5.41) is 5.21. The van der Waals surface area contributed by atoms with Crippen LogP contribution in [0.2, 0.25) is 0 Å². The number of carbonyl (C=O) groups excluding carboxylic acids is 3. The lowest BCUT2D eigenvalue weighted by molar-refractivity contribution is -0.131. The van der Waals surface area contributed by atoms with E-state index in [1.165, 1.54) is 24.1 Å². The highest BCUT2D eigenvalue weighted by atomic mass is 32.2. The highest BCUT2D eigenvalue weighted by Crippen LogP contribution is 2.21. The summed E-state index contributed by atoms with van der Waals surface area (Å²) < 4.78 is 37.9. The Balaban J connectivity index is 2.09. The topological polar surface area (TPSA) is 154 Å². The number of hydrogen-bond acceptors (Lipinski definition) is 6. The Hall–Kier alpha value is -2.86. The highest BCUT2D eigenvalue weighted by Gasteiger charge is 2.37. The van der Waals surface area contributed by atoms with Crippen LogP contribution in [-0.2, 0) is 31.1 Å². The Bertz CT molecular complexity index is 942. The fourth-order valence-corrected chi connectivity index (χ4v) is 3.76. The Morgan fingerprint density at radius 2 is 1.84 bits per heavy atom. The van der Waals surface area contributed by atoms with Crippen molar-refractivity contribution in [3.8, 4) is 0 Å². The number of nitrogens with one attached hydrogen (secondary N) is 3. The average molecular weight is 471 g/mol. The molecule has 0 aliphatic carbocycles. The molecule has 1 aliphatic heterocycles. The van der Waals surface area contributed by atoms with E-state index in [1.807, 2.05) is 4.72 Å². The van der Waals surface area contributed by atoms with Crippen molar-refractivity contribution in [2.75, 3.05) is 18.3 Å². The normalized spacial score (nSPS) is 17.4. The molecule has 0 spiro atoms. The summed E-state index contributed by atoms with van der Waals surface area (Å²) in [6.07, 6.45) is 0.663. The SMILES string of the molecule is CNC(=O)[C@H](Cc1ccc(NS(=O)(=O)O)cc1)NC(=O)C1CCCN1C(=O)OC(C)(C)C. The lowest BCUT2D eigenvalue weighted by Gasteiger charge is -2.29. The van der Waals surface area contributed by atoms with E-state index < -0.39 is 45.9 Å². The van der Waals surface area contributed by atoms with Gasteiger partial charge >= 0.3 is 16.4 Å². The van der Waals surface area contributed by atoms with Crippen molar-refractivity contribution in [1.29, 1.82) is 0 Å². The van der Waals surface area contributed by atoms with E-state index in [-0.39, 0.29) is 12.1 Å². The lowest BCUT2D eigenvalue weighted by atomic mass is 10.0. The molecular weight excluding hydrogens is 440 g/mol. The molecule has 178 valence electrons.